The lowest BCUT2D eigenvalue weighted by molar-refractivity contribution is 0.405. The van der Waals surface area contributed by atoms with Crippen molar-refractivity contribution in [3.8, 4) is 34.1 Å². The molecule has 194 valence electrons. The highest BCUT2D eigenvalue weighted by Crippen LogP contribution is 2.50. The smallest absolute Gasteiger partial charge is 0.124 e. The van der Waals surface area contributed by atoms with Crippen molar-refractivity contribution in [2.24, 2.45) is 0 Å². The minimum Gasteiger partial charge on any atom is -0.508 e. The number of hydrogen-bond acceptors (Lipinski definition) is 4. The summed E-state index contributed by atoms with van der Waals surface area (Å²) in [6.07, 6.45) is 0. The quantitative estimate of drug-likeness (QED) is 0.201. The molecule has 0 saturated heterocycles. The van der Waals surface area contributed by atoms with E-state index in [9.17, 15) is 10.2 Å². The molecule has 39 heavy (non-hydrogen) atoms. The summed E-state index contributed by atoms with van der Waals surface area (Å²) in [6.45, 7) is 0. The third kappa shape index (κ3) is 4.21. The number of fused-ring (bicyclic) bond motifs is 2. The molecule has 6 rings (SSSR count). The third-order valence-corrected chi connectivity index (χ3v) is 7.47. The predicted octanol–water partition coefficient (Wildman–Crippen LogP) is 8.25. The number of aromatic amines is 1. The molecule has 0 bridgehead atoms. The van der Waals surface area contributed by atoms with Gasteiger partial charge < -0.3 is 24.7 Å². The van der Waals surface area contributed by atoms with Gasteiger partial charge >= 0.3 is 0 Å². The molecule has 5 aromatic carbocycles. The van der Waals surface area contributed by atoms with E-state index < -0.39 is 5.92 Å². The van der Waals surface area contributed by atoms with E-state index in [-0.39, 0.29) is 11.5 Å². The second-order valence-corrected chi connectivity index (χ2v) is 9.82. The predicted molar refractivity (Wildman–Crippen MR) is 157 cm³/mol. The molecule has 0 spiro atoms. The first kappa shape index (κ1) is 24.7. The Morgan fingerprint density at radius 1 is 0.692 bits per heavy atom. The molecule has 0 saturated carbocycles. The zero-order valence-corrected chi connectivity index (χ0v) is 22.2. The summed E-state index contributed by atoms with van der Waals surface area (Å²) in [6, 6.07) is 30.2. The minimum absolute atomic E-state index is 0.108. The van der Waals surface area contributed by atoms with Gasteiger partial charge in [0.15, 0.2) is 0 Å². The van der Waals surface area contributed by atoms with Crippen LogP contribution in [0, 0.1) is 0 Å². The van der Waals surface area contributed by atoms with E-state index in [1.165, 1.54) is 0 Å². The number of phenolic OH excluding ortho intramolecular Hbond substituents is 2. The van der Waals surface area contributed by atoms with Crippen LogP contribution in [0.15, 0.2) is 97.1 Å². The van der Waals surface area contributed by atoms with E-state index >= 15 is 0 Å². The van der Waals surface area contributed by atoms with E-state index in [2.05, 4.69) is 4.98 Å². The molecule has 6 heteroatoms. The molecule has 1 aromatic heterocycles. The van der Waals surface area contributed by atoms with Crippen LogP contribution in [0.5, 0.6) is 23.0 Å². The Labute approximate surface area is 230 Å². The molecule has 0 unspecified atom stereocenters. The summed E-state index contributed by atoms with van der Waals surface area (Å²) >= 11 is 6.43. The van der Waals surface area contributed by atoms with Gasteiger partial charge in [0, 0.05) is 43.9 Å². The van der Waals surface area contributed by atoms with Gasteiger partial charge in [-0.1, -0.05) is 66.2 Å². The van der Waals surface area contributed by atoms with Crippen LogP contribution in [0.4, 0.5) is 0 Å². The summed E-state index contributed by atoms with van der Waals surface area (Å²) < 4.78 is 11.3. The maximum atomic E-state index is 11.3. The number of para-hydroxylation sites is 1. The number of halogens is 1. The lowest BCUT2D eigenvalue weighted by Crippen LogP contribution is -2.08. The van der Waals surface area contributed by atoms with Crippen molar-refractivity contribution >= 4 is 33.3 Å². The number of methoxy groups -OCH3 is 2. The Balaban J connectivity index is 1.78. The fourth-order valence-corrected chi connectivity index (χ4v) is 5.65. The van der Waals surface area contributed by atoms with Crippen LogP contribution in [0.25, 0.3) is 32.8 Å². The minimum atomic E-state index is -0.518. The Bertz CT molecular complexity index is 1840. The van der Waals surface area contributed by atoms with E-state index in [0.717, 1.165) is 38.5 Å². The first-order chi connectivity index (χ1) is 19.0. The van der Waals surface area contributed by atoms with Gasteiger partial charge in [0.2, 0.25) is 0 Å². The number of ether oxygens (including phenoxy) is 2. The van der Waals surface area contributed by atoms with Crippen LogP contribution in [-0.2, 0) is 0 Å². The highest BCUT2D eigenvalue weighted by molar-refractivity contribution is 6.31. The topological polar surface area (TPSA) is 74.7 Å². The number of benzene rings is 5. The van der Waals surface area contributed by atoms with Crippen LogP contribution in [0.1, 0.15) is 22.7 Å². The van der Waals surface area contributed by atoms with Crippen LogP contribution >= 0.6 is 11.6 Å². The van der Waals surface area contributed by atoms with Gasteiger partial charge in [0.1, 0.15) is 23.0 Å². The lowest BCUT2D eigenvalue weighted by atomic mass is 9.83. The number of hydrogen-bond donors (Lipinski definition) is 3. The Morgan fingerprint density at radius 2 is 1.46 bits per heavy atom. The monoisotopic (exact) mass is 535 g/mol. The number of phenols is 2. The maximum absolute atomic E-state index is 11.3. The summed E-state index contributed by atoms with van der Waals surface area (Å²) in [5, 5.41) is 25.9. The second kappa shape index (κ2) is 9.93. The number of nitrogens with one attached hydrogen (secondary N) is 1. The summed E-state index contributed by atoms with van der Waals surface area (Å²) in [7, 11) is 3.22. The molecule has 0 aliphatic rings. The molecule has 3 N–H and O–H groups in total. The molecule has 0 aliphatic heterocycles. The molecular formula is C33H26ClNO4. The number of aromatic hydroxyl groups is 2. The Morgan fingerprint density at radius 3 is 2.28 bits per heavy atom. The largest absolute Gasteiger partial charge is 0.508 e. The molecular weight excluding hydrogens is 510 g/mol. The van der Waals surface area contributed by atoms with Gasteiger partial charge in [0.05, 0.1) is 20.1 Å². The fourth-order valence-electron chi connectivity index (χ4n) is 5.47. The highest BCUT2D eigenvalue weighted by atomic mass is 35.5. The molecule has 0 aliphatic carbocycles. The molecule has 1 atom stereocenters. The van der Waals surface area contributed by atoms with E-state index in [0.29, 0.717) is 27.6 Å². The average Bonchev–Trinajstić information content (AvgIpc) is 3.31. The Kier molecular flexibility index (Phi) is 6.29. The normalized spacial score (nSPS) is 12.1. The second-order valence-electron chi connectivity index (χ2n) is 9.38. The van der Waals surface area contributed by atoms with Crippen molar-refractivity contribution in [1.29, 1.82) is 0 Å². The standard InChI is InChI=1S/C33H26ClNO4/c1-38-21-13-16-27(36)25(18-21)30(24-9-5-6-10-29(24)39-2)33-32(23-14-12-20(34)17-26(23)35-33)31-22-8-4-3-7-19(22)11-15-28(31)37/h3-18,30,35-37H,1-2H3/t30-/m1/s1. The van der Waals surface area contributed by atoms with Gasteiger partial charge in [-0.3, -0.25) is 0 Å². The summed E-state index contributed by atoms with van der Waals surface area (Å²) in [5.74, 6) is 1.01. The Hall–Kier alpha value is -4.61. The molecule has 6 aromatic rings. The van der Waals surface area contributed by atoms with Crippen molar-refractivity contribution in [2.75, 3.05) is 14.2 Å². The average molecular weight is 536 g/mol. The highest BCUT2D eigenvalue weighted by Gasteiger charge is 2.30. The lowest BCUT2D eigenvalue weighted by Gasteiger charge is -2.23. The van der Waals surface area contributed by atoms with Crippen molar-refractivity contribution < 1.29 is 19.7 Å². The number of aromatic nitrogens is 1. The van der Waals surface area contributed by atoms with Gasteiger partial charge in [0.25, 0.3) is 0 Å². The zero-order valence-electron chi connectivity index (χ0n) is 21.4. The van der Waals surface area contributed by atoms with Crippen LogP contribution in [-0.4, -0.2) is 29.4 Å². The van der Waals surface area contributed by atoms with Crippen molar-refractivity contribution in [2.45, 2.75) is 5.92 Å². The first-order valence-corrected chi connectivity index (χ1v) is 12.9. The van der Waals surface area contributed by atoms with Crippen molar-refractivity contribution in [3.05, 3.63) is 119 Å². The molecule has 0 fully saturated rings. The van der Waals surface area contributed by atoms with Crippen molar-refractivity contribution in [1.82, 2.24) is 4.98 Å². The van der Waals surface area contributed by atoms with E-state index in [4.69, 9.17) is 21.1 Å². The SMILES string of the molecule is COc1ccc(O)c([C@@H](c2ccccc2OC)c2[nH]c3cc(Cl)ccc3c2-c2c(O)ccc3ccccc23)c1. The van der Waals surface area contributed by atoms with Gasteiger partial charge in [-0.25, -0.2) is 0 Å². The molecule has 1 heterocycles. The van der Waals surface area contributed by atoms with Gasteiger partial charge in [-0.2, -0.15) is 0 Å². The molecule has 0 amide bonds. The third-order valence-electron chi connectivity index (χ3n) is 7.23. The first-order valence-electron chi connectivity index (χ1n) is 12.5. The fraction of sp³-hybridized carbons (Fsp3) is 0.0909. The van der Waals surface area contributed by atoms with E-state index in [1.54, 1.807) is 32.4 Å². The van der Waals surface area contributed by atoms with Crippen LogP contribution < -0.4 is 9.47 Å². The molecule has 5 nitrogen and oxygen atoms in total. The van der Waals surface area contributed by atoms with E-state index in [1.807, 2.05) is 78.9 Å². The number of H-pyrrole nitrogens is 1. The summed E-state index contributed by atoms with van der Waals surface area (Å²) in [5.41, 5.74) is 4.54. The van der Waals surface area contributed by atoms with Crippen LogP contribution in [0.2, 0.25) is 5.02 Å². The maximum Gasteiger partial charge on any atom is 0.124 e. The zero-order chi connectivity index (χ0) is 27.1. The van der Waals surface area contributed by atoms with Crippen LogP contribution in [0.3, 0.4) is 0 Å². The van der Waals surface area contributed by atoms with Gasteiger partial charge in [-0.15, -0.1) is 0 Å². The van der Waals surface area contributed by atoms with Gasteiger partial charge in [-0.05, 0) is 53.2 Å². The summed E-state index contributed by atoms with van der Waals surface area (Å²) in [4.78, 5) is 3.61. The molecule has 0 radical (unpaired) electrons. The van der Waals surface area contributed by atoms with Crippen molar-refractivity contribution in [3.63, 3.8) is 0 Å². The number of rotatable bonds is 6.